The van der Waals surface area contributed by atoms with Gasteiger partial charge in [-0.2, -0.15) is 8.42 Å². The molecule has 148 valence electrons. The topological polar surface area (TPSA) is 72.5 Å². The second kappa shape index (κ2) is 9.13. The smallest absolute Gasteiger partial charge is 0.367 e. The Morgan fingerprint density at radius 2 is 1.48 bits per heavy atom. The van der Waals surface area contributed by atoms with Gasteiger partial charge in [0, 0.05) is 11.6 Å². The van der Waals surface area contributed by atoms with Crippen LogP contribution in [0.4, 0.5) is 0 Å². The molecule has 0 spiro atoms. The Hall–Kier alpha value is -2.80. The number of halogens is 2. The van der Waals surface area contributed by atoms with Crippen molar-refractivity contribution in [3.05, 3.63) is 100 Å². The molecule has 1 amide bonds. The minimum absolute atomic E-state index is 0.0759. The van der Waals surface area contributed by atoms with Crippen LogP contribution in [0.15, 0.2) is 78.9 Å². The minimum atomic E-state index is -4.45. The van der Waals surface area contributed by atoms with Crippen LogP contribution in [-0.4, -0.2) is 14.3 Å². The van der Waals surface area contributed by atoms with E-state index >= 15 is 0 Å². The fourth-order valence-corrected chi connectivity index (χ4v) is 3.48. The Morgan fingerprint density at radius 3 is 2.10 bits per heavy atom. The molecule has 0 aliphatic carbocycles. The van der Waals surface area contributed by atoms with Gasteiger partial charge in [0.2, 0.25) is 0 Å². The molecule has 29 heavy (non-hydrogen) atoms. The summed E-state index contributed by atoms with van der Waals surface area (Å²) >= 11 is 11.7. The molecule has 0 aliphatic rings. The van der Waals surface area contributed by atoms with Gasteiger partial charge in [-0.25, -0.2) is 4.72 Å². The summed E-state index contributed by atoms with van der Waals surface area (Å²) in [6.45, 7) is 0. The highest BCUT2D eigenvalue weighted by Gasteiger charge is 2.21. The fourth-order valence-electron chi connectivity index (χ4n) is 2.46. The van der Waals surface area contributed by atoms with E-state index in [9.17, 15) is 13.2 Å². The summed E-state index contributed by atoms with van der Waals surface area (Å²) in [6, 6.07) is 21.8. The molecule has 0 radical (unpaired) electrons. The third-order valence-corrected chi connectivity index (χ3v) is 5.34. The number of carbonyl (C=O) groups is 1. The molecule has 5 nitrogen and oxygen atoms in total. The average Bonchev–Trinajstić information content (AvgIpc) is 2.69. The van der Waals surface area contributed by atoms with E-state index < -0.39 is 16.2 Å². The second-order valence-electron chi connectivity index (χ2n) is 5.88. The van der Waals surface area contributed by atoms with Crippen LogP contribution in [0.2, 0.25) is 10.0 Å². The third kappa shape index (κ3) is 5.84. The maximum Gasteiger partial charge on any atom is 0.409 e. The highest BCUT2D eigenvalue weighted by Crippen LogP contribution is 2.27. The Bertz CT molecular complexity index is 1150. The van der Waals surface area contributed by atoms with E-state index in [2.05, 4.69) is 0 Å². The zero-order valence-corrected chi connectivity index (χ0v) is 17.2. The summed E-state index contributed by atoms with van der Waals surface area (Å²) in [5.74, 6) is -0.909. The molecule has 8 heteroatoms. The van der Waals surface area contributed by atoms with Crippen molar-refractivity contribution in [1.29, 1.82) is 0 Å². The van der Waals surface area contributed by atoms with E-state index in [0.29, 0.717) is 5.56 Å². The number of rotatable bonds is 6. The second-order valence-corrected chi connectivity index (χ2v) is 7.97. The zero-order chi connectivity index (χ0) is 20.9. The molecule has 3 rings (SSSR count). The van der Waals surface area contributed by atoms with Gasteiger partial charge in [0.05, 0.1) is 10.0 Å². The lowest BCUT2D eigenvalue weighted by Gasteiger charge is -2.11. The van der Waals surface area contributed by atoms with Crippen LogP contribution < -0.4 is 8.91 Å². The molecule has 0 aromatic heterocycles. The van der Waals surface area contributed by atoms with E-state index in [1.807, 2.05) is 22.9 Å². The van der Waals surface area contributed by atoms with Gasteiger partial charge in [-0.1, -0.05) is 83.9 Å². The summed E-state index contributed by atoms with van der Waals surface area (Å²) in [6.07, 6.45) is 1.60. The van der Waals surface area contributed by atoms with Crippen LogP contribution in [0.5, 0.6) is 5.75 Å². The molecule has 3 aromatic rings. The standard InChI is InChI=1S/C21H15Cl2NO4S/c22-19-12-11-17(14-20(19)23)28-29(26,27)24-21(25)18(16-9-5-2-6-10-16)13-15-7-3-1-4-8-15/h1-14H,(H,24,25)/b18-13-. The summed E-state index contributed by atoms with van der Waals surface area (Å²) in [5, 5.41) is 0.372. The SMILES string of the molecule is O=C(NS(=O)(=O)Oc1ccc(Cl)c(Cl)c1)/C(=C\c1ccccc1)c1ccccc1. The molecule has 3 aromatic carbocycles. The lowest BCUT2D eigenvalue weighted by Crippen LogP contribution is -2.34. The van der Waals surface area contributed by atoms with Crippen molar-refractivity contribution < 1.29 is 17.4 Å². The van der Waals surface area contributed by atoms with Gasteiger partial charge in [-0.3, -0.25) is 4.79 Å². The highest BCUT2D eigenvalue weighted by molar-refractivity contribution is 7.85. The largest absolute Gasteiger partial charge is 0.409 e. The minimum Gasteiger partial charge on any atom is -0.367 e. The monoisotopic (exact) mass is 447 g/mol. The van der Waals surface area contributed by atoms with Crippen LogP contribution in [0.3, 0.4) is 0 Å². The Balaban J connectivity index is 1.88. The number of hydrogen-bond donors (Lipinski definition) is 1. The Kier molecular flexibility index (Phi) is 6.59. The first-order valence-corrected chi connectivity index (χ1v) is 10.5. The Morgan fingerprint density at radius 1 is 0.862 bits per heavy atom. The van der Waals surface area contributed by atoms with E-state index in [-0.39, 0.29) is 21.4 Å². The average molecular weight is 448 g/mol. The van der Waals surface area contributed by atoms with Gasteiger partial charge in [0.1, 0.15) is 5.75 Å². The summed E-state index contributed by atoms with van der Waals surface area (Å²) in [4.78, 5) is 12.8. The normalized spacial score (nSPS) is 11.7. The van der Waals surface area contributed by atoms with Crippen LogP contribution in [0.25, 0.3) is 11.6 Å². The molecule has 0 bridgehead atoms. The first-order chi connectivity index (χ1) is 13.8. The summed E-state index contributed by atoms with van der Waals surface area (Å²) in [5.41, 5.74) is 1.46. The number of carbonyl (C=O) groups excluding carboxylic acids is 1. The number of nitrogens with one attached hydrogen (secondary N) is 1. The Labute approximate surface area is 178 Å². The molecule has 0 saturated heterocycles. The van der Waals surface area contributed by atoms with Crippen molar-refractivity contribution in [3.63, 3.8) is 0 Å². The van der Waals surface area contributed by atoms with Crippen LogP contribution >= 0.6 is 23.2 Å². The van der Waals surface area contributed by atoms with Gasteiger partial charge >= 0.3 is 10.3 Å². The van der Waals surface area contributed by atoms with Crippen molar-refractivity contribution >= 4 is 51.1 Å². The van der Waals surface area contributed by atoms with E-state index in [0.717, 1.165) is 5.56 Å². The molecule has 0 heterocycles. The quantitative estimate of drug-likeness (QED) is 0.427. The molecule has 0 atom stereocenters. The molecule has 0 unspecified atom stereocenters. The van der Waals surface area contributed by atoms with E-state index in [4.69, 9.17) is 27.4 Å². The number of benzene rings is 3. The van der Waals surface area contributed by atoms with Crippen molar-refractivity contribution in [2.75, 3.05) is 0 Å². The maximum atomic E-state index is 12.8. The lowest BCUT2D eigenvalue weighted by atomic mass is 10.0. The zero-order valence-electron chi connectivity index (χ0n) is 14.9. The van der Waals surface area contributed by atoms with Gasteiger partial charge in [-0.05, 0) is 29.3 Å². The molecule has 1 N–H and O–H groups in total. The predicted molar refractivity (Wildman–Crippen MR) is 115 cm³/mol. The molecule has 0 saturated carbocycles. The molecular formula is C21H15Cl2NO4S. The number of hydrogen-bond acceptors (Lipinski definition) is 4. The van der Waals surface area contributed by atoms with Gasteiger partial charge in [0.15, 0.2) is 0 Å². The molecular weight excluding hydrogens is 433 g/mol. The summed E-state index contributed by atoms with van der Waals surface area (Å²) in [7, 11) is -4.45. The molecule has 0 aliphatic heterocycles. The van der Waals surface area contributed by atoms with Crippen LogP contribution in [0, 0.1) is 0 Å². The maximum absolute atomic E-state index is 12.8. The third-order valence-electron chi connectivity index (χ3n) is 3.75. The molecule has 0 fully saturated rings. The van der Waals surface area contributed by atoms with Crippen molar-refractivity contribution in [2.24, 2.45) is 0 Å². The fraction of sp³-hybridized carbons (Fsp3) is 0. The highest BCUT2D eigenvalue weighted by atomic mass is 35.5. The van der Waals surface area contributed by atoms with Gasteiger partial charge in [0.25, 0.3) is 5.91 Å². The van der Waals surface area contributed by atoms with E-state index in [1.165, 1.54) is 18.2 Å². The van der Waals surface area contributed by atoms with Gasteiger partial charge < -0.3 is 4.18 Å². The van der Waals surface area contributed by atoms with Crippen LogP contribution in [-0.2, 0) is 15.1 Å². The predicted octanol–water partition coefficient (Wildman–Crippen LogP) is 4.97. The van der Waals surface area contributed by atoms with Crippen molar-refractivity contribution in [3.8, 4) is 5.75 Å². The first-order valence-electron chi connectivity index (χ1n) is 8.38. The van der Waals surface area contributed by atoms with Crippen LogP contribution in [0.1, 0.15) is 11.1 Å². The van der Waals surface area contributed by atoms with Crippen molar-refractivity contribution in [1.82, 2.24) is 4.72 Å². The number of amides is 1. The first kappa shape index (κ1) is 20.9. The van der Waals surface area contributed by atoms with Crippen molar-refractivity contribution in [2.45, 2.75) is 0 Å². The summed E-state index contributed by atoms with van der Waals surface area (Å²) < 4.78 is 31.5. The van der Waals surface area contributed by atoms with Gasteiger partial charge in [-0.15, -0.1) is 0 Å². The van der Waals surface area contributed by atoms with E-state index in [1.54, 1.807) is 48.5 Å². The lowest BCUT2D eigenvalue weighted by molar-refractivity contribution is -0.114.